The molecule has 2 aromatic rings. The highest BCUT2D eigenvalue weighted by Gasteiger charge is 2.29. The largest absolute Gasteiger partial charge is 0.321 e. The van der Waals surface area contributed by atoms with E-state index in [2.05, 4.69) is 5.32 Å². The van der Waals surface area contributed by atoms with Gasteiger partial charge in [0.25, 0.3) is 5.91 Å². The number of amides is 1. The van der Waals surface area contributed by atoms with E-state index < -0.39 is 26.6 Å². The van der Waals surface area contributed by atoms with Gasteiger partial charge in [-0.2, -0.15) is 4.31 Å². The Morgan fingerprint density at radius 1 is 1.10 bits per heavy atom. The zero-order chi connectivity index (χ0) is 21.2. The first-order chi connectivity index (χ1) is 13.7. The number of carbonyl (C=O) groups is 1. The van der Waals surface area contributed by atoms with Crippen LogP contribution in [0.5, 0.6) is 0 Å². The number of nitrogens with zero attached hydrogens (tertiary/aromatic N) is 1. The number of rotatable bonds is 5. The van der Waals surface area contributed by atoms with Crippen LogP contribution in [-0.4, -0.2) is 31.7 Å². The van der Waals surface area contributed by atoms with Crippen LogP contribution in [0.2, 0.25) is 0 Å². The minimum Gasteiger partial charge on any atom is -0.321 e. The average molecular weight is 419 g/mol. The van der Waals surface area contributed by atoms with E-state index in [9.17, 15) is 17.6 Å². The van der Waals surface area contributed by atoms with Gasteiger partial charge in [0.05, 0.1) is 0 Å². The van der Waals surface area contributed by atoms with Gasteiger partial charge in [-0.1, -0.05) is 38.5 Å². The quantitative estimate of drug-likeness (QED) is 0.766. The SMILES string of the molecule is Cc1cccc(C(C)C)c1NC(=O)c1ccc(F)c(S(=O)(=O)N2CCCCC2)c1. The van der Waals surface area contributed by atoms with E-state index in [0.29, 0.717) is 18.8 Å². The standard InChI is InChI=1S/C22H27FN2O3S/c1-15(2)18-9-7-8-16(3)21(18)24-22(26)17-10-11-19(23)20(14-17)29(27,28)25-12-5-4-6-13-25/h7-11,14-15H,4-6,12-13H2,1-3H3,(H,24,26). The third-order valence-corrected chi connectivity index (χ3v) is 7.21. The lowest BCUT2D eigenvalue weighted by Crippen LogP contribution is -2.36. The number of para-hydroxylation sites is 1. The predicted molar refractivity (Wildman–Crippen MR) is 112 cm³/mol. The molecule has 0 radical (unpaired) electrons. The second-order valence-corrected chi connectivity index (χ2v) is 9.66. The van der Waals surface area contributed by atoms with Crippen LogP contribution in [0.3, 0.4) is 0 Å². The van der Waals surface area contributed by atoms with Gasteiger partial charge in [0.1, 0.15) is 10.7 Å². The number of nitrogens with one attached hydrogen (secondary N) is 1. The fourth-order valence-corrected chi connectivity index (χ4v) is 5.22. The fraction of sp³-hybridized carbons (Fsp3) is 0.409. The summed E-state index contributed by atoms with van der Waals surface area (Å²) in [7, 11) is -3.97. The smallest absolute Gasteiger partial charge is 0.255 e. The van der Waals surface area contributed by atoms with E-state index in [4.69, 9.17) is 0 Å². The number of aryl methyl sites for hydroxylation is 1. The van der Waals surface area contributed by atoms with Crippen molar-refractivity contribution < 1.29 is 17.6 Å². The van der Waals surface area contributed by atoms with Gasteiger partial charge >= 0.3 is 0 Å². The molecule has 29 heavy (non-hydrogen) atoms. The summed E-state index contributed by atoms with van der Waals surface area (Å²) in [6.45, 7) is 6.72. The number of piperidine rings is 1. The monoisotopic (exact) mass is 418 g/mol. The molecule has 1 amide bonds. The van der Waals surface area contributed by atoms with Crippen molar-refractivity contribution in [3.05, 3.63) is 58.9 Å². The maximum Gasteiger partial charge on any atom is 0.255 e. The Morgan fingerprint density at radius 3 is 2.45 bits per heavy atom. The fourth-order valence-electron chi connectivity index (χ4n) is 3.61. The Bertz CT molecular complexity index is 1010. The first-order valence-corrected chi connectivity index (χ1v) is 11.4. The summed E-state index contributed by atoms with van der Waals surface area (Å²) >= 11 is 0. The van der Waals surface area contributed by atoms with E-state index in [1.165, 1.54) is 10.4 Å². The molecule has 0 bridgehead atoms. The number of anilines is 1. The van der Waals surface area contributed by atoms with Crippen molar-refractivity contribution in [1.29, 1.82) is 0 Å². The molecule has 3 rings (SSSR count). The van der Waals surface area contributed by atoms with Crippen molar-refractivity contribution in [2.45, 2.75) is 50.8 Å². The minimum atomic E-state index is -3.97. The van der Waals surface area contributed by atoms with Crippen LogP contribution in [-0.2, 0) is 10.0 Å². The lowest BCUT2D eigenvalue weighted by atomic mass is 9.98. The summed E-state index contributed by atoms with van der Waals surface area (Å²) in [6.07, 6.45) is 2.48. The summed E-state index contributed by atoms with van der Waals surface area (Å²) in [5.41, 5.74) is 2.71. The normalized spacial score (nSPS) is 15.5. The van der Waals surface area contributed by atoms with Crippen molar-refractivity contribution in [2.75, 3.05) is 18.4 Å². The number of halogens is 1. The predicted octanol–water partition coefficient (Wildman–Crippen LogP) is 4.68. The van der Waals surface area contributed by atoms with Gasteiger partial charge in [0.15, 0.2) is 0 Å². The zero-order valence-corrected chi connectivity index (χ0v) is 17.9. The second-order valence-electron chi connectivity index (χ2n) is 7.76. The molecule has 2 aromatic carbocycles. The highest BCUT2D eigenvalue weighted by molar-refractivity contribution is 7.89. The first-order valence-electron chi connectivity index (χ1n) is 9.92. The summed E-state index contributed by atoms with van der Waals surface area (Å²) in [5, 5.41) is 2.88. The van der Waals surface area contributed by atoms with Gasteiger partial charge in [0, 0.05) is 24.3 Å². The lowest BCUT2D eigenvalue weighted by molar-refractivity contribution is 0.102. The van der Waals surface area contributed by atoms with Crippen LogP contribution < -0.4 is 5.32 Å². The molecule has 1 saturated heterocycles. The van der Waals surface area contributed by atoms with Crippen molar-refractivity contribution >= 4 is 21.6 Å². The molecular formula is C22H27FN2O3S. The van der Waals surface area contributed by atoms with Crippen LogP contribution in [0.4, 0.5) is 10.1 Å². The van der Waals surface area contributed by atoms with E-state index >= 15 is 0 Å². The van der Waals surface area contributed by atoms with E-state index in [0.717, 1.165) is 42.5 Å². The molecule has 5 nitrogen and oxygen atoms in total. The van der Waals surface area contributed by atoms with Crippen LogP contribution in [0, 0.1) is 12.7 Å². The van der Waals surface area contributed by atoms with Crippen molar-refractivity contribution in [2.24, 2.45) is 0 Å². The molecular weight excluding hydrogens is 391 g/mol. The lowest BCUT2D eigenvalue weighted by Gasteiger charge is -2.26. The number of carbonyl (C=O) groups excluding carboxylic acids is 1. The maximum atomic E-state index is 14.4. The molecule has 1 fully saturated rings. The molecule has 0 aliphatic carbocycles. The molecule has 1 heterocycles. The topological polar surface area (TPSA) is 66.5 Å². The zero-order valence-electron chi connectivity index (χ0n) is 17.0. The number of hydrogen-bond acceptors (Lipinski definition) is 3. The molecule has 1 aliphatic heterocycles. The molecule has 1 aliphatic rings. The summed E-state index contributed by atoms with van der Waals surface area (Å²) in [4.78, 5) is 12.4. The van der Waals surface area contributed by atoms with Gasteiger partial charge in [-0.05, 0) is 55.0 Å². The summed E-state index contributed by atoms with van der Waals surface area (Å²) in [6, 6.07) is 9.28. The van der Waals surface area contributed by atoms with Gasteiger partial charge in [-0.15, -0.1) is 0 Å². The third kappa shape index (κ3) is 4.51. The van der Waals surface area contributed by atoms with E-state index in [1.54, 1.807) is 0 Å². The van der Waals surface area contributed by atoms with Crippen LogP contribution in [0.1, 0.15) is 60.5 Å². The Balaban J connectivity index is 1.93. The number of sulfonamides is 1. The molecule has 0 aromatic heterocycles. The molecule has 0 unspecified atom stereocenters. The van der Waals surface area contributed by atoms with Crippen molar-refractivity contribution in [3.8, 4) is 0 Å². The average Bonchev–Trinajstić information content (AvgIpc) is 2.70. The molecule has 156 valence electrons. The Kier molecular flexibility index (Phi) is 6.39. The maximum absolute atomic E-state index is 14.4. The molecule has 0 atom stereocenters. The minimum absolute atomic E-state index is 0.111. The summed E-state index contributed by atoms with van der Waals surface area (Å²) in [5.74, 6) is -1.10. The van der Waals surface area contributed by atoms with Crippen LogP contribution in [0.25, 0.3) is 0 Å². The van der Waals surface area contributed by atoms with Gasteiger partial charge < -0.3 is 5.32 Å². The highest BCUT2D eigenvalue weighted by atomic mass is 32.2. The van der Waals surface area contributed by atoms with Gasteiger partial charge in [-0.25, -0.2) is 12.8 Å². The van der Waals surface area contributed by atoms with E-state index in [1.807, 2.05) is 39.0 Å². The summed E-state index contributed by atoms with van der Waals surface area (Å²) < 4.78 is 41.5. The van der Waals surface area contributed by atoms with Gasteiger partial charge in [0.2, 0.25) is 10.0 Å². The Labute approximate surface area is 172 Å². The Morgan fingerprint density at radius 2 is 1.79 bits per heavy atom. The van der Waals surface area contributed by atoms with Crippen molar-refractivity contribution in [1.82, 2.24) is 4.31 Å². The molecule has 1 N–H and O–H groups in total. The van der Waals surface area contributed by atoms with Crippen LogP contribution in [0.15, 0.2) is 41.3 Å². The van der Waals surface area contributed by atoms with Crippen LogP contribution >= 0.6 is 0 Å². The first kappa shape index (κ1) is 21.5. The van der Waals surface area contributed by atoms with Crippen molar-refractivity contribution in [3.63, 3.8) is 0 Å². The highest BCUT2D eigenvalue weighted by Crippen LogP contribution is 2.29. The third-order valence-electron chi connectivity index (χ3n) is 5.29. The molecule has 7 heteroatoms. The number of hydrogen-bond donors (Lipinski definition) is 1. The van der Waals surface area contributed by atoms with E-state index in [-0.39, 0.29) is 11.5 Å². The second kappa shape index (κ2) is 8.63. The van der Waals surface area contributed by atoms with Gasteiger partial charge in [-0.3, -0.25) is 4.79 Å². The molecule has 0 saturated carbocycles. The number of benzene rings is 2. The molecule has 0 spiro atoms. The Hall–Kier alpha value is -2.25.